The third-order valence-corrected chi connectivity index (χ3v) is 2.50. The number of hydrogen-bond donors (Lipinski definition) is 0. The second kappa shape index (κ2) is 6.74. The Morgan fingerprint density at radius 3 is 2.41 bits per heavy atom. The molecule has 0 aliphatic carbocycles. The summed E-state index contributed by atoms with van der Waals surface area (Å²) in [7, 11) is 0. The van der Waals surface area contributed by atoms with Gasteiger partial charge in [0.1, 0.15) is 5.75 Å². The van der Waals surface area contributed by atoms with Gasteiger partial charge < -0.3 is 4.74 Å². The first-order chi connectivity index (χ1) is 8.05. The first-order valence-electron chi connectivity index (χ1n) is 5.40. The van der Waals surface area contributed by atoms with Crippen molar-refractivity contribution in [2.75, 3.05) is 12.5 Å². The maximum Gasteiger partial charge on any atom is 0.419 e. The van der Waals surface area contributed by atoms with Crippen LogP contribution in [0.2, 0.25) is 0 Å². The van der Waals surface area contributed by atoms with Gasteiger partial charge in [-0.2, -0.15) is 13.2 Å². The van der Waals surface area contributed by atoms with Crippen LogP contribution in [0.15, 0.2) is 24.3 Å². The predicted octanol–water partition coefficient (Wildman–Crippen LogP) is 4.49. The summed E-state index contributed by atoms with van der Waals surface area (Å²) < 4.78 is 42.9. The van der Waals surface area contributed by atoms with E-state index in [1.807, 2.05) is 0 Å². The van der Waals surface area contributed by atoms with Crippen LogP contribution in [0.4, 0.5) is 13.2 Å². The molecular weight excluding hydrogens is 253 g/mol. The van der Waals surface area contributed by atoms with Crippen molar-refractivity contribution in [1.29, 1.82) is 0 Å². The van der Waals surface area contributed by atoms with E-state index in [0.717, 1.165) is 18.9 Å². The van der Waals surface area contributed by atoms with Crippen molar-refractivity contribution in [2.24, 2.45) is 0 Å². The minimum Gasteiger partial charge on any atom is -0.493 e. The molecule has 1 rings (SSSR count). The van der Waals surface area contributed by atoms with Gasteiger partial charge in [-0.25, -0.2) is 0 Å². The van der Waals surface area contributed by atoms with Gasteiger partial charge in [0.05, 0.1) is 12.2 Å². The fourth-order valence-electron chi connectivity index (χ4n) is 1.38. The molecule has 0 radical (unpaired) electrons. The van der Waals surface area contributed by atoms with Gasteiger partial charge in [-0.05, 0) is 31.4 Å². The van der Waals surface area contributed by atoms with Gasteiger partial charge in [-0.3, -0.25) is 0 Å². The van der Waals surface area contributed by atoms with Crippen LogP contribution in [0.1, 0.15) is 24.8 Å². The molecule has 0 aliphatic heterocycles. The van der Waals surface area contributed by atoms with Gasteiger partial charge in [0.25, 0.3) is 0 Å². The SMILES string of the molecule is FC(F)(F)c1ccccc1OCCCCCCl. The molecule has 5 heteroatoms. The monoisotopic (exact) mass is 266 g/mol. The fraction of sp³-hybridized carbons (Fsp3) is 0.500. The molecule has 1 aromatic carbocycles. The molecule has 0 aliphatic rings. The summed E-state index contributed by atoms with van der Waals surface area (Å²) in [5, 5.41) is 0. The second-order valence-electron chi connectivity index (χ2n) is 3.59. The molecule has 0 amide bonds. The van der Waals surface area contributed by atoms with E-state index in [9.17, 15) is 13.2 Å². The highest BCUT2D eigenvalue weighted by Gasteiger charge is 2.33. The van der Waals surface area contributed by atoms with Crippen molar-refractivity contribution in [3.05, 3.63) is 29.8 Å². The Hall–Kier alpha value is -0.900. The highest BCUT2D eigenvalue weighted by molar-refractivity contribution is 6.17. The van der Waals surface area contributed by atoms with Crippen molar-refractivity contribution in [2.45, 2.75) is 25.4 Å². The summed E-state index contributed by atoms with van der Waals surface area (Å²) in [5.74, 6) is 0.463. The molecule has 96 valence electrons. The van der Waals surface area contributed by atoms with Gasteiger partial charge in [-0.15, -0.1) is 11.6 Å². The maximum atomic E-state index is 12.6. The van der Waals surface area contributed by atoms with Crippen molar-refractivity contribution in [3.63, 3.8) is 0 Å². The van der Waals surface area contributed by atoms with Gasteiger partial charge in [0, 0.05) is 5.88 Å². The Balaban J connectivity index is 2.53. The van der Waals surface area contributed by atoms with E-state index >= 15 is 0 Å². The largest absolute Gasteiger partial charge is 0.493 e. The van der Waals surface area contributed by atoms with E-state index in [4.69, 9.17) is 16.3 Å². The van der Waals surface area contributed by atoms with Crippen LogP contribution in [-0.4, -0.2) is 12.5 Å². The number of unbranched alkanes of at least 4 members (excludes halogenated alkanes) is 2. The minimum atomic E-state index is -4.37. The quantitative estimate of drug-likeness (QED) is 0.544. The molecule has 0 bridgehead atoms. The molecule has 1 nitrogen and oxygen atoms in total. The Bertz CT molecular complexity index is 339. The van der Waals surface area contributed by atoms with Crippen LogP contribution in [0.5, 0.6) is 5.75 Å². The number of ether oxygens (including phenoxy) is 1. The first kappa shape index (κ1) is 14.2. The van der Waals surface area contributed by atoms with E-state index in [0.29, 0.717) is 12.3 Å². The van der Waals surface area contributed by atoms with E-state index in [1.54, 1.807) is 0 Å². The molecule has 0 spiro atoms. The smallest absolute Gasteiger partial charge is 0.419 e. The molecule has 0 heterocycles. The average Bonchev–Trinajstić information content (AvgIpc) is 2.28. The zero-order valence-electron chi connectivity index (χ0n) is 9.27. The molecule has 17 heavy (non-hydrogen) atoms. The van der Waals surface area contributed by atoms with Crippen molar-refractivity contribution in [3.8, 4) is 5.75 Å². The van der Waals surface area contributed by atoms with E-state index in [-0.39, 0.29) is 12.4 Å². The van der Waals surface area contributed by atoms with E-state index in [2.05, 4.69) is 0 Å². The summed E-state index contributed by atoms with van der Waals surface area (Å²) in [6, 6.07) is 5.24. The Morgan fingerprint density at radius 1 is 1.06 bits per heavy atom. The summed E-state index contributed by atoms with van der Waals surface area (Å²) in [6.07, 6.45) is -1.95. The lowest BCUT2D eigenvalue weighted by atomic mass is 10.2. The van der Waals surface area contributed by atoms with Crippen molar-refractivity contribution in [1.82, 2.24) is 0 Å². The maximum absolute atomic E-state index is 12.6. The van der Waals surface area contributed by atoms with E-state index < -0.39 is 11.7 Å². The fourth-order valence-corrected chi connectivity index (χ4v) is 1.57. The van der Waals surface area contributed by atoms with Crippen LogP contribution in [-0.2, 0) is 6.18 Å². The summed E-state index contributed by atoms with van der Waals surface area (Å²) >= 11 is 5.49. The normalized spacial score (nSPS) is 11.5. The lowest BCUT2D eigenvalue weighted by Gasteiger charge is -2.13. The molecule has 1 aromatic rings. The third-order valence-electron chi connectivity index (χ3n) is 2.23. The highest BCUT2D eigenvalue weighted by Crippen LogP contribution is 2.35. The number of para-hydroxylation sites is 1. The molecule has 0 saturated carbocycles. The lowest BCUT2D eigenvalue weighted by molar-refractivity contribution is -0.138. The zero-order chi connectivity index (χ0) is 12.7. The van der Waals surface area contributed by atoms with Crippen LogP contribution >= 0.6 is 11.6 Å². The zero-order valence-corrected chi connectivity index (χ0v) is 10.0. The third kappa shape index (κ3) is 4.86. The van der Waals surface area contributed by atoms with Crippen molar-refractivity contribution < 1.29 is 17.9 Å². The molecule has 0 unspecified atom stereocenters. The topological polar surface area (TPSA) is 9.23 Å². The van der Waals surface area contributed by atoms with Crippen molar-refractivity contribution >= 4 is 11.6 Å². The van der Waals surface area contributed by atoms with Gasteiger partial charge in [-0.1, -0.05) is 12.1 Å². The molecule has 0 fully saturated rings. The molecule has 0 atom stereocenters. The standard InChI is InChI=1S/C12H14ClF3O/c13-8-4-1-5-9-17-11-7-3-2-6-10(11)12(14,15)16/h2-3,6-7H,1,4-5,8-9H2. The van der Waals surface area contributed by atoms with Crippen LogP contribution < -0.4 is 4.74 Å². The summed E-state index contributed by atoms with van der Waals surface area (Å²) in [6.45, 7) is 0.282. The first-order valence-corrected chi connectivity index (χ1v) is 5.94. The molecular formula is C12H14ClF3O. The average molecular weight is 267 g/mol. The van der Waals surface area contributed by atoms with Crippen LogP contribution in [0.25, 0.3) is 0 Å². The highest BCUT2D eigenvalue weighted by atomic mass is 35.5. The molecule has 0 N–H and O–H groups in total. The Labute approximate surface area is 104 Å². The molecule has 0 saturated heterocycles. The Kier molecular flexibility index (Phi) is 5.62. The number of rotatable bonds is 6. The Morgan fingerprint density at radius 2 is 1.76 bits per heavy atom. The van der Waals surface area contributed by atoms with Gasteiger partial charge >= 0.3 is 6.18 Å². The van der Waals surface area contributed by atoms with Gasteiger partial charge in [0.15, 0.2) is 0 Å². The van der Waals surface area contributed by atoms with E-state index in [1.165, 1.54) is 18.2 Å². The summed E-state index contributed by atoms with van der Waals surface area (Å²) in [5.41, 5.74) is -0.725. The predicted molar refractivity (Wildman–Crippen MR) is 61.5 cm³/mol. The second-order valence-corrected chi connectivity index (χ2v) is 3.97. The number of alkyl halides is 4. The molecule has 0 aromatic heterocycles. The number of benzene rings is 1. The number of hydrogen-bond acceptors (Lipinski definition) is 1. The van der Waals surface area contributed by atoms with Gasteiger partial charge in [0.2, 0.25) is 0 Å². The number of halogens is 4. The summed E-state index contributed by atoms with van der Waals surface area (Å²) in [4.78, 5) is 0. The van der Waals surface area contributed by atoms with Crippen LogP contribution in [0.3, 0.4) is 0 Å². The lowest BCUT2D eigenvalue weighted by Crippen LogP contribution is -2.09. The minimum absolute atomic E-state index is 0.106. The van der Waals surface area contributed by atoms with Crippen LogP contribution in [0, 0.1) is 0 Å².